The van der Waals surface area contributed by atoms with Crippen molar-refractivity contribution in [3.63, 3.8) is 0 Å². The maximum Gasteiger partial charge on any atom is 0.127 e. The van der Waals surface area contributed by atoms with Gasteiger partial charge >= 0.3 is 0 Å². The number of ether oxygens (including phenoxy) is 1. The molecule has 2 aromatic carbocycles. The van der Waals surface area contributed by atoms with Crippen molar-refractivity contribution in [3.8, 4) is 16.9 Å². The first-order valence-corrected chi connectivity index (χ1v) is 5.86. The molecule has 0 bridgehead atoms. The van der Waals surface area contributed by atoms with Crippen LogP contribution in [0.1, 0.15) is 5.56 Å². The molecule has 18 heavy (non-hydrogen) atoms. The van der Waals surface area contributed by atoms with Crippen LogP contribution in [-0.4, -0.2) is 7.11 Å². The van der Waals surface area contributed by atoms with Crippen LogP contribution in [0.3, 0.4) is 0 Å². The molecule has 0 aliphatic carbocycles. The number of rotatable bonds is 3. The van der Waals surface area contributed by atoms with Gasteiger partial charge in [0.25, 0.3) is 0 Å². The molecule has 2 nitrogen and oxygen atoms in total. The molecule has 0 atom stereocenters. The van der Waals surface area contributed by atoms with Crippen molar-refractivity contribution in [3.05, 3.63) is 52.8 Å². The number of benzene rings is 2. The Morgan fingerprint density at radius 2 is 2.00 bits per heavy atom. The van der Waals surface area contributed by atoms with Gasteiger partial charge in [0.15, 0.2) is 0 Å². The van der Waals surface area contributed by atoms with Crippen molar-refractivity contribution < 1.29 is 9.13 Å². The van der Waals surface area contributed by atoms with Crippen LogP contribution in [0.25, 0.3) is 11.1 Å². The maximum absolute atomic E-state index is 13.4. The van der Waals surface area contributed by atoms with E-state index in [1.165, 1.54) is 6.07 Å². The lowest BCUT2D eigenvalue weighted by Crippen LogP contribution is -2.00. The Bertz CT molecular complexity index is 572. The number of halogens is 2. The van der Waals surface area contributed by atoms with Crippen molar-refractivity contribution in [2.75, 3.05) is 7.11 Å². The molecule has 2 aromatic rings. The van der Waals surface area contributed by atoms with Gasteiger partial charge in [-0.05, 0) is 35.9 Å². The first-order chi connectivity index (χ1) is 8.65. The highest BCUT2D eigenvalue weighted by molar-refractivity contribution is 6.31. The van der Waals surface area contributed by atoms with Crippen molar-refractivity contribution in [1.29, 1.82) is 0 Å². The maximum atomic E-state index is 13.4. The zero-order chi connectivity index (χ0) is 13.1. The van der Waals surface area contributed by atoms with E-state index in [0.29, 0.717) is 16.3 Å². The van der Waals surface area contributed by atoms with Crippen LogP contribution in [0, 0.1) is 5.82 Å². The Kier molecular flexibility index (Phi) is 3.84. The van der Waals surface area contributed by atoms with Crippen molar-refractivity contribution in [2.24, 2.45) is 5.73 Å². The molecule has 0 heterocycles. The van der Waals surface area contributed by atoms with Gasteiger partial charge in [-0.25, -0.2) is 4.39 Å². The van der Waals surface area contributed by atoms with Crippen molar-refractivity contribution in [2.45, 2.75) is 6.54 Å². The summed E-state index contributed by atoms with van der Waals surface area (Å²) in [6, 6.07) is 10.1. The summed E-state index contributed by atoms with van der Waals surface area (Å²) < 4.78 is 18.7. The lowest BCUT2D eigenvalue weighted by Gasteiger charge is -2.10. The highest BCUT2D eigenvalue weighted by Gasteiger charge is 2.09. The molecule has 0 aromatic heterocycles. The first kappa shape index (κ1) is 12.9. The zero-order valence-corrected chi connectivity index (χ0v) is 10.7. The molecule has 2 rings (SSSR count). The molecule has 0 unspecified atom stereocenters. The zero-order valence-electron chi connectivity index (χ0n) is 9.91. The predicted molar refractivity (Wildman–Crippen MR) is 71.3 cm³/mol. The molecule has 0 fully saturated rings. The molecular formula is C14H13ClFNO. The largest absolute Gasteiger partial charge is 0.496 e. The molecule has 0 aliphatic heterocycles. The van der Waals surface area contributed by atoms with Crippen LogP contribution in [0.15, 0.2) is 36.4 Å². The van der Waals surface area contributed by atoms with E-state index < -0.39 is 0 Å². The topological polar surface area (TPSA) is 35.2 Å². The normalized spacial score (nSPS) is 10.4. The smallest absolute Gasteiger partial charge is 0.127 e. The Morgan fingerprint density at radius 1 is 1.22 bits per heavy atom. The van der Waals surface area contributed by atoms with Gasteiger partial charge in [-0.3, -0.25) is 0 Å². The summed E-state index contributed by atoms with van der Waals surface area (Å²) in [6.07, 6.45) is 0. The van der Waals surface area contributed by atoms with Crippen molar-refractivity contribution in [1.82, 2.24) is 0 Å². The molecule has 0 amide bonds. The van der Waals surface area contributed by atoms with E-state index >= 15 is 0 Å². The number of methoxy groups -OCH3 is 1. The minimum absolute atomic E-state index is 0.155. The molecule has 0 saturated carbocycles. The minimum Gasteiger partial charge on any atom is -0.496 e. The summed E-state index contributed by atoms with van der Waals surface area (Å²) in [6.45, 7) is 0.155. The van der Waals surface area contributed by atoms with Crippen LogP contribution in [-0.2, 0) is 6.54 Å². The molecule has 2 N–H and O–H groups in total. The molecule has 94 valence electrons. The number of hydrogen-bond acceptors (Lipinski definition) is 2. The predicted octanol–water partition coefficient (Wildman–Crippen LogP) is 3.61. The third-order valence-corrected chi connectivity index (χ3v) is 2.97. The van der Waals surface area contributed by atoms with Crippen LogP contribution >= 0.6 is 11.6 Å². The van der Waals surface area contributed by atoms with Gasteiger partial charge in [-0.2, -0.15) is 0 Å². The highest BCUT2D eigenvalue weighted by atomic mass is 35.5. The second-order valence-electron chi connectivity index (χ2n) is 3.85. The first-order valence-electron chi connectivity index (χ1n) is 5.48. The summed E-state index contributed by atoms with van der Waals surface area (Å²) in [5.74, 6) is 0.385. The van der Waals surface area contributed by atoms with E-state index in [2.05, 4.69) is 0 Å². The lowest BCUT2D eigenvalue weighted by molar-refractivity contribution is 0.416. The van der Waals surface area contributed by atoms with Crippen LogP contribution in [0.2, 0.25) is 5.02 Å². The Labute approximate surface area is 110 Å². The minimum atomic E-state index is -0.303. The number of hydrogen-bond donors (Lipinski definition) is 1. The summed E-state index contributed by atoms with van der Waals surface area (Å²) >= 11 is 5.97. The molecule has 0 spiro atoms. The van der Waals surface area contributed by atoms with E-state index in [-0.39, 0.29) is 12.4 Å². The molecular weight excluding hydrogens is 253 g/mol. The Morgan fingerprint density at radius 3 is 2.67 bits per heavy atom. The summed E-state index contributed by atoms with van der Waals surface area (Å²) in [5.41, 5.74) is 7.62. The van der Waals surface area contributed by atoms with E-state index in [0.717, 1.165) is 11.1 Å². The van der Waals surface area contributed by atoms with Crippen molar-refractivity contribution >= 4 is 11.6 Å². The average Bonchev–Trinajstić information content (AvgIpc) is 2.39. The van der Waals surface area contributed by atoms with Crippen LogP contribution in [0.4, 0.5) is 4.39 Å². The van der Waals surface area contributed by atoms with Gasteiger partial charge in [-0.1, -0.05) is 17.7 Å². The molecule has 0 radical (unpaired) electrons. The summed E-state index contributed by atoms with van der Waals surface area (Å²) in [7, 11) is 1.58. The van der Waals surface area contributed by atoms with Gasteiger partial charge < -0.3 is 10.5 Å². The van der Waals surface area contributed by atoms with Gasteiger partial charge in [0.2, 0.25) is 0 Å². The van der Waals surface area contributed by atoms with Gasteiger partial charge in [0.05, 0.1) is 7.11 Å². The van der Waals surface area contributed by atoms with Gasteiger partial charge in [-0.15, -0.1) is 0 Å². The summed E-state index contributed by atoms with van der Waals surface area (Å²) in [5, 5.41) is 0.601. The Hall–Kier alpha value is -1.58. The molecule has 0 saturated heterocycles. The third kappa shape index (κ3) is 2.47. The lowest BCUT2D eigenvalue weighted by atomic mass is 10.0. The van der Waals surface area contributed by atoms with E-state index in [4.69, 9.17) is 22.1 Å². The van der Waals surface area contributed by atoms with Gasteiger partial charge in [0, 0.05) is 22.7 Å². The Balaban J connectivity index is 2.57. The fraction of sp³-hybridized carbons (Fsp3) is 0.143. The van der Waals surface area contributed by atoms with E-state index in [1.807, 2.05) is 0 Å². The van der Waals surface area contributed by atoms with E-state index in [1.54, 1.807) is 37.4 Å². The monoisotopic (exact) mass is 265 g/mol. The summed E-state index contributed by atoms with van der Waals surface area (Å²) in [4.78, 5) is 0. The average molecular weight is 266 g/mol. The van der Waals surface area contributed by atoms with Crippen LogP contribution in [0.5, 0.6) is 5.75 Å². The second-order valence-corrected chi connectivity index (χ2v) is 4.29. The number of nitrogens with two attached hydrogens (primary N) is 1. The third-order valence-electron chi connectivity index (χ3n) is 2.74. The molecule has 4 heteroatoms. The standard InChI is InChI=1S/C14H13ClFNO/c1-18-14-5-3-11(15)7-12(14)9-2-4-13(16)10(6-9)8-17/h2-7H,8,17H2,1H3. The van der Waals surface area contributed by atoms with Crippen LogP contribution < -0.4 is 10.5 Å². The second kappa shape index (κ2) is 5.38. The quantitative estimate of drug-likeness (QED) is 0.920. The van der Waals surface area contributed by atoms with E-state index in [9.17, 15) is 4.39 Å². The SMILES string of the molecule is COc1ccc(Cl)cc1-c1ccc(F)c(CN)c1. The fourth-order valence-corrected chi connectivity index (χ4v) is 1.98. The fourth-order valence-electron chi connectivity index (χ4n) is 1.80. The highest BCUT2D eigenvalue weighted by Crippen LogP contribution is 2.33. The molecule has 0 aliphatic rings. The van der Waals surface area contributed by atoms with Gasteiger partial charge in [0.1, 0.15) is 11.6 Å².